The van der Waals surface area contributed by atoms with E-state index in [-0.39, 0.29) is 24.0 Å². The minimum Gasteiger partial charge on any atom is -0.490 e. The number of ether oxygens (including phenoxy) is 1. The maximum Gasteiger partial charge on any atom is 0.191 e. The highest BCUT2D eigenvalue weighted by Crippen LogP contribution is 2.27. The van der Waals surface area contributed by atoms with Gasteiger partial charge < -0.3 is 15.4 Å². The Bertz CT molecular complexity index is 1030. The standard InChI is InChI=1S/C25H32N6O.HI/c1-19-10-11-22(24(12-19)32-23-8-3-4-9-23)15-29-25(26-2)28-14-20-6-5-7-21(13-20)16-31-18-27-17-30-31;/h5-7,10-13,17-18,23H,3-4,8-9,14-16H2,1-2H3,(H2,26,28,29);1H. The molecular weight excluding hydrogens is 527 g/mol. The van der Waals surface area contributed by atoms with E-state index < -0.39 is 0 Å². The van der Waals surface area contributed by atoms with Crippen LogP contribution in [0.1, 0.15) is 47.9 Å². The maximum atomic E-state index is 6.33. The number of nitrogens with one attached hydrogen (secondary N) is 2. The van der Waals surface area contributed by atoms with Gasteiger partial charge in [0.2, 0.25) is 0 Å². The molecule has 7 nitrogen and oxygen atoms in total. The second-order valence-electron chi connectivity index (χ2n) is 8.33. The van der Waals surface area contributed by atoms with Crippen LogP contribution >= 0.6 is 24.0 Å². The van der Waals surface area contributed by atoms with Crippen LogP contribution in [0.4, 0.5) is 0 Å². The fraction of sp³-hybridized carbons (Fsp3) is 0.400. The summed E-state index contributed by atoms with van der Waals surface area (Å²) in [6.45, 7) is 4.16. The molecule has 0 amide bonds. The van der Waals surface area contributed by atoms with Gasteiger partial charge in [-0.3, -0.25) is 4.99 Å². The van der Waals surface area contributed by atoms with Crippen molar-refractivity contribution in [2.75, 3.05) is 7.05 Å². The first-order valence-electron chi connectivity index (χ1n) is 11.3. The van der Waals surface area contributed by atoms with Gasteiger partial charge in [0.15, 0.2) is 5.96 Å². The fourth-order valence-electron chi connectivity index (χ4n) is 4.03. The van der Waals surface area contributed by atoms with Crippen molar-refractivity contribution in [2.24, 2.45) is 4.99 Å². The molecule has 1 aliphatic rings. The van der Waals surface area contributed by atoms with E-state index >= 15 is 0 Å². The van der Waals surface area contributed by atoms with Gasteiger partial charge in [0.25, 0.3) is 0 Å². The summed E-state index contributed by atoms with van der Waals surface area (Å²) in [7, 11) is 1.79. The quantitative estimate of drug-likeness (QED) is 0.242. The number of guanidine groups is 1. The average Bonchev–Trinajstić information content (AvgIpc) is 3.50. The molecule has 3 aromatic rings. The SMILES string of the molecule is CN=C(NCc1cccc(Cn2cncn2)c1)NCc1ccc(C)cc1OC1CCCC1.I. The normalized spacial score (nSPS) is 14.1. The number of hydrogen-bond donors (Lipinski definition) is 2. The van der Waals surface area contributed by atoms with Crippen LogP contribution in [0.5, 0.6) is 5.75 Å². The Labute approximate surface area is 213 Å². The van der Waals surface area contributed by atoms with E-state index in [0.29, 0.717) is 25.7 Å². The smallest absolute Gasteiger partial charge is 0.191 e. The monoisotopic (exact) mass is 560 g/mol. The van der Waals surface area contributed by atoms with Crippen LogP contribution in [-0.2, 0) is 19.6 Å². The number of aromatic nitrogens is 3. The van der Waals surface area contributed by atoms with Crippen molar-refractivity contribution in [1.82, 2.24) is 25.4 Å². The summed E-state index contributed by atoms with van der Waals surface area (Å²) >= 11 is 0. The van der Waals surface area contributed by atoms with Crippen molar-refractivity contribution in [3.63, 3.8) is 0 Å². The van der Waals surface area contributed by atoms with Gasteiger partial charge in [0, 0.05) is 25.7 Å². The molecular formula is C25H33IN6O. The molecule has 2 N–H and O–H groups in total. The molecule has 1 heterocycles. The second kappa shape index (κ2) is 12.6. The molecule has 1 aromatic heterocycles. The zero-order chi connectivity index (χ0) is 22.2. The molecule has 0 bridgehead atoms. The third-order valence-corrected chi connectivity index (χ3v) is 5.75. The van der Waals surface area contributed by atoms with Crippen LogP contribution < -0.4 is 15.4 Å². The molecule has 4 rings (SSSR count). The van der Waals surface area contributed by atoms with Crippen molar-refractivity contribution >= 4 is 29.9 Å². The Kier molecular flexibility index (Phi) is 9.53. The molecule has 0 atom stereocenters. The predicted octanol–water partition coefficient (Wildman–Crippen LogP) is 4.44. The molecule has 1 fully saturated rings. The summed E-state index contributed by atoms with van der Waals surface area (Å²) in [4.78, 5) is 8.39. The van der Waals surface area contributed by atoms with Gasteiger partial charge in [-0.25, -0.2) is 9.67 Å². The molecule has 1 aliphatic carbocycles. The third kappa shape index (κ3) is 7.45. The van der Waals surface area contributed by atoms with E-state index in [1.165, 1.54) is 29.5 Å². The van der Waals surface area contributed by atoms with Gasteiger partial charge in [-0.2, -0.15) is 5.10 Å². The first-order chi connectivity index (χ1) is 15.7. The van der Waals surface area contributed by atoms with E-state index in [1.807, 2.05) is 4.68 Å². The molecule has 0 radical (unpaired) electrons. The number of hydrogen-bond acceptors (Lipinski definition) is 4. The van der Waals surface area contributed by atoms with Crippen LogP contribution in [0.25, 0.3) is 0 Å². The van der Waals surface area contributed by atoms with E-state index in [1.54, 1.807) is 19.7 Å². The lowest BCUT2D eigenvalue weighted by molar-refractivity contribution is 0.207. The first-order valence-corrected chi connectivity index (χ1v) is 11.3. The Morgan fingerprint density at radius 2 is 1.88 bits per heavy atom. The first kappa shape index (κ1) is 25.0. The van der Waals surface area contributed by atoms with Gasteiger partial charge in [-0.05, 0) is 55.4 Å². The number of halogens is 1. The van der Waals surface area contributed by atoms with Crippen LogP contribution in [0.2, 0.25) is 0 Å². The van der Waals surface area contributed by atoms with Crippen molar-refractivity contribution in [3.05, 3.63) is 77.4 Å². The Morgan fingerprint density at radius 1 is 1.09 bits per heavy atom. The van der Waals surface area contributed by atoms with Crippen molar-refractivity contribution in [3.8, 4) is 5.75 Å². The summed E-state index contributed by atoms with van der Waals surface area (Å²) in [5, 5.41) is 11.0. The topological polar surface area (TPSA) is 76.4 Å². The predicted molar refractivity (Wildman–Crippen MR) is 142 cm³/mol. The molecule has 0 aliphatic heterocycles. The molecule has 33 heavy (non-hydrogen) atoms. The molecule has 8 heteroatoms. The van der Waals surface area contributed by atoms with Gasteiger partial charge in [0.1, 0.15) is 18.4 Å². The molecule has 0 saturated heterocycles. The van der Waals surface area contributed by atoms with Gasteiger partial charge in [-0.1, -0.05) is 36.4 Å². The highest BCUT2D eigenvalue weighted by molar-refractivity contribution is 14.0. The van der Waals surface area contributed by atoms with Gasteiger partial charge in [0.05, 0.1) is 12.6 Å². The summed E-state index contributed by atoms with van der Waals surface area (Å²) in [6, 6.07) is 14.9. The number of aliphatic imine (C=N–C) groups is 1. The lowest BCUT2D eigenvalue weighted by atomic mass is 10.1. The second-order valence-corrected chi connectivity index (χ2v) is 8.33. The van der Waals surface area contributed by atoms with Crippen molar-refractivity contribution in [1.29, 1.82) is 0 Å². The molecule has 0 unspecified atom stereocenters. The van der Waals surface area contributed by atoms with Crippen molar-refractivity contribution in [2.45, 2.75) is 58.3 Å². The van der Waals surface area contributed by atoms with E-state index in [9.17, 15) is 0 Å². The zero-order valence-corrected chi connectivity index (χ0v) is 21.7. The van der Waals surface area contributed by atoms with Gasteiger partial charge in [-0.15, -0.1) is 24.0 Å². The molecule has 0 spiro atoms. The Balaban J connectivity index is 0.00000306. The number of rotatable bonds is 8. The summed E-state index contributed by atoms with van der Waals surface area (Å²) in [5.74, 6) is 1.75. The highest BCUT2D eigenvalue weighted by Gasteiger charge is 2.18. The van der Waals surface area contributed by atoms with Crippen molar-refractivity contribution < 1.29 is 4.74 Å². The van der Waals surface area contributed by atoms with Crippen LogP contribution in [0, 0.1) is 6.92 Å². The van der Waals surface area contributed by atoms with Gasteiger partial charge >= 0.3 is 0 Å². The summed E-state index contributed by atoms with van der Waals surface area (Å²) in [6.07, 6.45) is 8.46. The Morgan fingerprint density at radius 3 is 2.64 bits per heavy atom. The van der Waals surface area contributed by atoms with E-state index in [0.717, 1.165) is 30.1 Å². The number of aryl methyl sites for hydroxylation is 1. The van der Waals surface area contributed by atoms with Crippen LogP contribution in [0.3, 0.4) is 0 Å². The molecule has 176 valence electrons. The van der Waals surface area contributed by atoms with Crippen LogP contribution in [0.15, 0.2) is 60.1 Å². The fourth-order valence-corrected chi connectivity index (χ4v) is 4.03. The zero-order valence-electron chi connectivity index (χ0n) is 19.3. The summed E-state index contributed by atoms with van der Waals surface area (Å²) < 4.78 is 8.15. The largest absolute Gasteiger partial charge is 0.490 e. The highest BCUT2D eigenvalue weighted by atomic mass is 127. The third-order valence-electron chi connectivity index (χ3n) is 5.75. The minimum absolute atomic E-state index is 0. The minimum atomic E-state index is 0. The lowest BCUT2D eigenvalue weighted by Gasteiger charge is -2.18. The number of nitrogens with zero attached hydrogens (tertiary/aromatic N) is 4. The van der Waals surface area contributed by atoms with Crippen LogP contribution in [-0.4, -0.2) is 33.9 Å². The van der Waals surface area contributed by atoms with E-state index in [2.05, 4.69) is 75.1 Å². The molecule has 2 aromatic carbocycles. The average molecular weight is 560 g/mol. The number of benzene rings is 2. The molecule has 1 saturated carbocycles. The Hall–Kier alpha value is -2.62. The van der Waals surface area contributed by atoms with E-state index in [4.69, 9.17) is 4.74 Å². The maximum absolute atomic E-state index is 6.33. The summed E-state index contributed by atoms with van der Waals surface area (Å²) in [5.41, 5.74) is 4.74. The lowest BCUT2D eigenvalue weighted by Crippen LogP contribution is -2.36.